The molecule has 1 atom stereocenters. The Labute approximate surface area is 151 Å². The number of hydrogen-bond donors (Lipinski definition) is 1. The summed E-state index contributed by atoms with van der Waals surface area (Å²) < 4.78 is 5.49. The van der Waals surface area contributed by atoms with Crippen LogP contribution in [0.1, 0.15) is 24.0 Å². The van der Waals surface area contributed by atoms with Crippen molar-refractivity contribution in [1.82, 2.24) is 10.2 Å². The van der Waals surface area contributed by atoms with Crippen molar-refractivity contribution in [3.05, 3.63) is 53.5 Å². The second-order valence-corrected chi connectivity index (χ2v) is 6.56. The number of hydrogen-bond acceptors (Lipinski definition) is 4. The Kier molecular flexibility index (Phi) is 4.31. The van der Waals surface area contributed by atoms with E-state index in [1.165, 1.54) is 4.90 Å². The van der Waals surface area contributed by atoms with E-state index in [1.807, 2.05) is 18.2 Å². The third kappa shape index (κ3) is 2.85. The van der Waals surface area contributed by atoms with Crippen LogP contribution in [0.15, 0.2) is 40.8 Å². The minimum Gasteiger partial charge on any atom is -0.466 e. The van der Waals surface area contributed by atoms with Crippen LogP contribution >= 0.6 is 0 Å². The van der Waals surface area contributed by atoms with E-state index in [4.69, 9.17) is 4.42 Å². The number of benzene rings is 1. The lowest BCUT2D eigenvalue weighted by atomic mass is 9.92. The van der Waals surface area contributed by atoms with Gasteiger partial charge >= 0.3 is 6.03 Å². The monoisotopic (exact) mass is 355 g/mol. The van der Waals surface area contributed by atoms with E-state index in [9.17, 15) is 14.4 Å². The van der Waals surface area contributed by atoms with Crippen molar-refractivity contribution in [2.75, 3.05) is 18.5 Å². The number of nitrogens with one attached hydrogen (secondary N) is 1. The first-order valence-corrected chi connectivity index (χ1v) is 8.27. The molecule has 1 aliphatic heterocycles. The van der Waals surface area contributed by atoms with Crippen LogP contribution in [-0.2, 0) is 15.1 Å². The molecule has 4 amide bonds. The van der Waals surface area contributed by atoms with Crippen LogP contribution < -0.4 is 10.2 Å². The van der Waals surface area contributed by atoms with E-state index in [-0.39, 0.29) is 12.5 Å². The van der Waals surface area contributed by atoms with Gasteiger partial charge in [0.15, 0.2) is 0 Å². The Bertz CT molecular complexity index is 874. The summed E-state index contributed by atoms with van der Waals surface area (Å²) in [6.45, 7) is 4.80. The fourth-order valence-electron chi connectivity index (χ4n) is 3.19. The van der Waals surface area contributed by atoms with Crippen LogP contribution in [0.5, 0.6) is 0 Å². The molecule has 1 N–H and O–H groups in total. The fraction of sp³-hybridized carbons (Fsp3) is 0.316. The Balaban J connectivity index is 1.81. The Morgan fingerprint density at radius 3 is 2.46 bits per heavy atom. The summed E-state index contributed by atoms with van der Waals surface area (Å²) in [5, 5.41) is 2.69. The third-order valence-corrected chi connectivity index (χ3v) is 4.67. The number of amides is 4. The van der Waals surface area contributed by atoms with E-state index in [0.717, 1.165) is 4.90 Å². The van der Waals surface area contributed by atoms with Gasteiger partial charge in [-0.2, -0.15) is 0 Å². The number of furan rings is 1. The summed E-state index contributed by atoms with van der Waals surface area (Å²) in [5.74, 6) is 0.387. The molecule has 0 radical (unpaired) electrons. The molecule has 0 unspecified atom stereocenters. The normalized spacial score (nSPS) is 19.6. The van der Waals surface area contributed by atoms with Crippen LogP contribution in [-0.4, -0.2) is 36.3 Å². The van der Waals surface area contributed by atoms with Gasteiger partial charge in [-0.25, -0.2) is 4.79 Å². The van der Waals surface area contributed by atoms with Crippen molar-refractivity contribution in [2.45, 2.75) is 26.3 Å². The Hall–Kier alpha value is -3.09. The number of imide groups is 1. The quantitative estimate of drug-likeness (QED) is 0.853. The summed E-state index contributed by atoms with van der Waals surface area (Å²) >= 11 is 0. The van der Waals surface area contributed by atoms with Gasteiger partial charge in [-0.15, -0.1) is 0 Å². The maximum absolute atomic E-state index is 12.9. The summed E-state index contributed by atoms with van der Waals surface area (Å²) in [7, 11) is 1.61. The van der Waals surface area contributed by atoms with E-state index in [2.05, 4.69) is 5.32 Å². The van der Waals surface area contributed by atoms with Crippen LogP contribution in [0.4, 0.5) is 10.5 Å². The van der Waals surface area contributed by atoms with E-state index in [0.29, 0.717) is 22.8 Å². The van der Waals surface area contributed by atoms with Gasteiger partial charge in [0.05, 0.1) is 0 Å². The number of rotatable bonds is 4. The lowest BCUT2D eigenvalue weighted by Crippen LogP contribution is -2.43. The lowest BCUT2D eigenvalue weighted by molar-refractivity contribution is -0.134. The molecule has 7 heteroatoms. The molecule has 1 aromatic heterocycles. The number of para-hydroxylation sites is 1. The fourth-order valence-corrected chi connectivity index (χ4v) is 3.19. The summed E-state index contributed by atoms with van der Waals surface area (Å²) in [4.78, 5) is 40.2. The number of carbonyl (C=O) groups excluding carboxylic acids is 3. The van der Waals surface area contributed by atoms with Gasteiger partial charge in [0.25, 0.3) is 5.91 Å². The van der Waals surface area contributed by atoms with Crippen LogP contribution in [0.3, 0.4) is 0 Å². The summed E-state index contributed by atoms with van der Waals surface area (Å²) in [6, 6.07) is 10.2. The molecule has 26 heavy (non-hydrogen) atoms. The zero-order chi connectivity index (χ0) is 19.1. The number of nitrogens with zero attached hydrogens (tertiary/aromatic N) is 2. The molecule has 0 saturated carbocycles. The molecule has 3 rings (SSSR count). The molecule has 0 bridgehead atoms. The summed E-state index contributed by atoms with van der Waals surface area (Å²) in [6.07, 6.45) is 0. The van der Waals surface area contributed by atoms with E-state index in [1.54, 1.807) is 46.0 Å². The van der Waals surface area contributed by atoms with Gasteiger partial charge in [0.1, 0.15) is 23.6 Å². The third-order valence-electron chi connectivity index (χ3n) is 4.67. The molecular formula is C19H21N3O4. The van der Waals surface area contributed by atoms with Crippen LogP contribution in [0.25, 0.3) is 0 Å². The van der Waals surface area contributed by atoms with Crippen molar-refractivity contribution in [3.63, 3.8) is 0 Å². The van der Waals surface area contributed by atoms with Crippen LogP contribution in [0.2, 0.25) is 0 Å². The van der Waals surface area contributed by atoms with Gasteiger partial charge in [-0.3, -0.25) is 14.5 Å². The molecule has 2 aromatic rings. The predicted octanol–water partition coefficient (Wildman–Crippen LogP) is 2.33. The zero-order valence-electron chi connectivity index (χ0n) is 15.2. The number of urea groups is 1. The first-order valence-electron chi connectivity index (χ1n) is 8.27. The number of carbonyl (C=O) groups is 3. The van der Waals surface area contributed by atoms with Gasteiger partial charge in [0.2, 0.25) is 5.91 Å². The highest BCUT2D eigenvalue weighted by molar-refractivity contribution is 6.10. The van der Waals surface area contributed by atoms with E-state index >= 15 is 0 Å². The molecule has 7 nitrogen and oxygen atoms in total. The largest absolute Gasteiger partial charge is 0.466 e. The zero-order valence-corrected chi connectivity index (χ0v) is 15.2. The summed E-state index contributed by atoms with van der Waals surface area (Å²) in [5.41, 5.74) is 0.0400. The molecule has 0 spiro atoms. The SMILES string of the molecule is Cc1cc([C@@]2(C)NC(=O)N(CC(=O)N(C)c3ccccc3)C2=O)c(C)o1. The van der Waals surface area contributed by atoms with Crippen molar-refractivity contribution < 1.29 is 18.8 Å². The molecule has 1 aromatic carbocycles. The molecule has 2 heterocycles. The average Bonchev–Trinajstić information content (AvgIpc) is 3.06. The second kappa shape index (κ2) is 6.33. The number of anilines is 1. The minimum absolute atomic E-state index is 0.332. The van der Waals surface area contributed by atoms with Crippen molar-refractivity contribution in [3.8, 4) is 0 Å². The Morgan fingerprint density at radius 2 is 1.88 bits per heavy atom. The molecule has 1 saturated heterocycles. The second-order valence-electron chi connectivity index (χ2n) is 6.56. The van der Waals surface area contributed by atoms with Crippen molar-refractivity contribution in [1.29, 1.82) is 0 Å². The van der Waals surface area contributed by atoms with Crippen LogP contribution in [0, 0.1) is 13.8 Å². The highest BCUT2D eigenvalue weighted by Gasteiger charge is 2.51. The van der Waals surface area contributed by atoms with Gasteiger partial charge in [-0.1, -0.05) is 18.2 Å². The highest BCUT2D eigenvalue weighted by atomic mass is 16.3. The minimum atomic E-state index is -1.25. The van der Waals surface area contributed by atoms with Gasteiger partial charge in [-0.05, 0) is 39.0 Å². The average molecular weight is 355 g/mol. The Morgan fingerprint density at radius 1 is 1.23 bits per heavy atom. The molecule has 0 aliphatic carbocycles. The molecular weight excluding hydrogens is 334 g/mol. The van der Waals surface area contributed by atoms with Gasteiger partial charge in [0, 0.05) is 18.3 Å². The van der Waals surface area contributed by atoms with Gasteiger partial charge < -0.3 is 14.6 Å². The first-order chi connectivity index (χ1) is 12.2. The maximum atomic E-state index is 12.9. The smallest absolute Gasteiger partial charge is 0.325 e. The van der Waals surface area contributed by atoms with E-state index < -0.39 is 17.5 Å². The van der Waals surface area contributed by atoms with Crippen molar-refractivity contribution in [2.24, 2.45) is 0 Å². The molecule has 136 valence electrons. The first kappa shape index (κ1) is 17.7. The van der Waals surface area contributed by atoms with Crippen molar-refractivity contribution >= 4 is 23.5 Å². The lowest BCUT2D eigenvalue weighted by Gasteiger charge is -2.22. The maximum Gasteiger partial charge on any atom is 0.325 e. The topological polar surface area (TPSA) is 82.9 Å². The number of likely N-dealkylation sites (N-methyl/N-ethyl adjacent to an activating group) is 1. The standard InChI is InChI=1S/C19H21N3O4/c1-12-10-15(13(2)26-12)19(3)17(24)22(18(25)20-19)11-16(23)21(4)14-8-6-5-7-9-14/h5-10H,11H2,1-4H3,(H,20,25)/t19-/m1/s1. The highest BCUT2D eigenvalue weighted by Crippen LogP contribution is 2.32. The molecule has 1 fully saturated rings. The number of aryl methyl sites for hydroxylation is 2. The predicted molar refractivity (Wildman–Crippen MR) is 95.6 cm³/mol. The molecule has 1 aliphatic rings.